The van der Waals surface area contributed by atoms with E-state index in [9.17, 15) is 4.79 Å². The molecule has 0 aliphatic heterocycles. The molecule has 0 atom stereocenters. The number of imidazole rings is 1. The van der Waals surface area contributed by atoms with Crippen molar-refractivity contribution in [2.45, 2.75) is 13.8 Å². The van der Waals surface area contributed by atoms with Gasteiger partial charge < -0.3 is 11.1 Å². The van der Waals surface area contributed by atoms with E-state index in [1.165, 1.54) is 11.6 Å². The van der Waals surface area contributed by atoms with E-state index in [1.54, 1.807) is 12.4 Å². The molecule has 6 heteroatoms. The molecule has 0 bridgehead atoms. The molecule has 0 aliphatic carbocycles. The minimum Gasteiger partial charge on any atom is -0.368 e. The van der Waals surface area contributed by atoms with Gasteiger partial charge in [-0.2, -0.15) is 5.10 Å². The number of nitrogen functional groups attached to an aromatic ring is 1. The Morgan fingerprint density at radius 2 is 2.11 bits per heavy atom. The van der Waals surface area contributed by atoms with E-state index in [-0.39, 0.29) is 5.91 Å². The van der Waals surface area contributed by atoms with Gasteiger partial charge in [0.25, 0.3) is 0 Å². The van der Waals surface area contributed by atoms with E-state index in [4.69, 9.17) is 5.73 Å². The number of amides is 1. The largest absolute Gasteiger partial charge is 0.368 e. The van der Waals surface area contributed by atoms with Gasteiger partial charge in [0.05, 0.1) is 18.1 Å². The van der Waals surface area contributed by atoms with Crippen LogP contribution in [0.2, 0.25) is 0 Å². The number of rotatable bonds is 3. The standard InChI is InChI=1S/C13H15N5O/c1-9-8-18(13(14)16-9)15-7-11-3-5-12(6-4-11)17-10(2)19/h3-8H,1-2H3,(H2,14,16)(H,17,19). The van der Waals surface area contributed by atoms with Crippen LogP contribution in [0.1, 0.15) is 18.2 Å². The van der Waals surface area contributed by atoms with E-state index in [1.807, 2.05) is 31.2 Å². The number of carbonyl (C=O) groups is 1. The van der Waals surface area contributed by atoms with Gasteiger partial charge in [-0.1, -0.05) is 12.1 Å². The summed E-state index contributed by atoms with van der Waals surface area (Å²) in [7, 11) is 0. The summed E-state index contributed by atoms with van der Waals surface area (Å²) in [5.41, 5.74) is 8.15. The third-order valence-electron chi connectivity index (χ3n) is 2.40. The zero-order chi connectivity index (χ0) is 13.8. The molecular formula is C13H15N5O. The summed E-state index contributed by atoms with van der Waals surface area (Å²) in [6.45, 7) is 3.32. The molecule has 2 rings (SSSR count). The minimum atomic E-state index is -0.0944. The van der Waals surface area contributed by atoms with E-state index < -0.39 is 0 Å². The van der Waals surface area contributed by atoms with Crippen LogP contribution in [-0.4, -0.2) is 21.8 Å². The zero-order valence-corrected chi connectivity index (χ0v) is 10.8. The maximum absolute atomic E-state index is 10.9. The van der Waals surface area contributed by atoms with E-state index in [0.717, 1.165) is 16.9 Å². The van der Waals surface area contributed by atoms with Gasteiger partial charge >= 0.3 is 0 Å². The molecular weight excluding hydrogens is 242 g/mol. The SMILES string of the molecule is CC(=O)Nc1ccc(C=Nn2cc(C)nc2N)cc1. The summed E-state index contributed by atoms with van der Waals surface area (Å²) in [6.07, 6.45) is 3.42. The fraction of sp³-hybridized carbons (Fsp3) is 0.154. The van der Waals surface area contributed by atoms with Gasteiger partial charge in [-0.3, -0.25) is 4.79 Å². The third kappa shape index (κ3) is 3.41. The van der Waals surface area contributed by atoms with Crippen molar-refractivity contribution in [3.8, 4) is 0 Å². The fourth-order valence-electron chi connectivity index (χ4n) is 1.58. The number of carbonyl (C=O) groups excluding carboxylic acids is 1. The van der Waals surface area contributed by atoms with Crippen LogP contribution >= 0.6 is 0 Å². The van der Waals surface area contributed by atoms with Gasteiger partial charge in [0.1, 0.15) is 0 Å². The smallest absolute Gasteiger partial charge is 0.221 e. The number of benzene rings is 1. The molecule has 19 heavy (non-hydrogen) atoms. The second kappa shape index (κ2) is 5.34. The number of aromatic nitrogens is 2. The maximum Gasteiger partial charge on any atom is 0.221 e. The quantitative estimate of drug-likeness (QED) is 0.819. The van der Waals surface area contributed by atoms with Gasteiger partial charge in [0.2, 0.25) is 11.9 Å². The first-order chi connectivity index (χ1) is 9.04. The van der Waals surface area contributed by atoms with Crippen molar-refractivity contribution in [1.29, 1.82) is 0 Å². The van der Waals surface area contributed by atoms with Crippen molar-refractivity contribution in [3.05, 3.63) is 41.7 Å². The highest BCUT2D eigenvalue weighted by molar-refractivity contribution is 5.89. The minimum absolute atomic E-state index is 0.0944. The summed E-state index contributed by atoms with van der Waals surface area (Å²) < 4.78 is 1.51. The van der Waals surface area contributed by atoms with Gasteiger partial charge in [0, 0.05) is 12.6 Å². The van der Waals surface area contributed by atoms with Crippen molar-refractivity contribution < 1.29 is 4.79 Å². The number of anilines is 2. The first-order valence-electron chi connectivity index (χ1n) is 5.78. The van der Waals surface area contributed by atoms with Crippen molar-refractivity contribution in [2.24, 2.45) is 5.10 Å². The number of nitrogens with zero attached hydrogens (tertiary/aromatic N) is 3. The Balaban J connectivity index is 2.11. The second-order valence-corrected chi connectivity index (χ2v) is 4.13. The van der Waals surface area contributed by atoms with Gasteiger partial charge in [-0.25, -0.2) is 9.66 Å². The summed E-state index contributed by atoms with van der Waals surface area (Å²) in [5, 5.41) is 6.90. The predicted molar refractivity (Wildman–Crippen MR) is 75.1 cm³/mol. The lowest BCUT2D eigenvalue weighted by Gasteiger charge is -2.01. The molecule has 1 amide bonds. The van der Waals surface area contributed by atoms with Crippen molar-refractivity contribution in [2.75, 3.05) is 11.1 Å². The van der Waals surface area contributed by atoms with Gasteiger partial charge in [-0.15, -0.1) is 0 Å². The number of hydrogen-bond acceptors (Lipinski definition) is 4. The molecule has 0 saturated carbocycles. The molecule has 1 aromatic carbocycles. The fourth-order valence-corrected chi connectivity index (χ4v) is 1.58. The highest BCUT2D eigenvalue weighted by Crippen LogP contribution is 2.09. The zero-order valence-electron chi connectivity index (χ0n) is 10.8. The van der Waals surface area contributed by atoms with Crippen LogP contribution in [0, 0.1) is 6.92 Å². The lowest BCUT2D eigenvalue weighted by molar-refractivity contribution is -0.114. The Morgan fingerprint density at radius 1 is 1.42 bits per heavy atom. The van der Waals surface area contributed by atoms with E-state index >= 15 is 0 Å². The number of nitrogens with one attached hydrogen (secondary N) is 1. The molecule has 0 unspecified atom stereocenters. The average Bonchev–Trinajstić information content (AvgIpc) is 2.66. The highest BCUT2D eigenvalue weighted by Gasteiger charge is 1.98. The van der Waals surface area contributed by atoms with Crippen LogP contribution < -0.4 is 11.1 Å². The first-order valence-corrected chi connectivity index (χ1v) is 5.78. The lowest BCUT2D eigenvalue weighted by Crippen LogP contribution is -2.05. The number of aryl methyl sites for hydroxylation is 1. The molecule has 2 aromatic rings. The van der Waals surface area contributed by atoms with E-state index in [0.29, 0.717) is 5.95 Å². The maximum atomic E-state index is 10.9. The molecule has 98 valence electrons. The van der Waals surface area contributed by atoms with Crippen molar-refractivity contribution in [1.82, 2.24) is 9.66 Å². The second-order valence-electron chi connectivity index (χ2n) is 4.13. The Bertz CT molecular complexity index is 612. The van der Waals surface area contributed by atoms with Crippen LogP contribution in [0.25, 0.3) is 0 Å². The van der Waals surface area contributed by atoms with Crippen LogP contribution in [0.15, 0.2) is 35.6 Å². The molecule has 0 radical (unpaired) electrons. The van der Waals surface area contributed by atoms with Crippen LogP contribution in [0.3, 0.4) is 0 Å². The summed E-state index contributed by atoms with van der Waals surface area (Å²) in [5.74, 6) is 0.256. The number of hydrogen-bond donors (Lipinski definition) is 2. The molecule has 1 aromatic heterocycles. The molecule has 6 nitrogen and oxygen atoms in total. The monoisotopic (exact) mass is 257 g/mol. The molecule has 3 N–H and O–H groups in total. The van der Waals surface area contributed by atoms with Crippen LogP contribution in [0.4, 0.5) is 11.6 Å². The Morgan fingerprint density at radius 3 is 2.63 bits per heavy atom. The van der Waals surface area contributed by atoms with Crippen LogP contribution in [0.5, 0.6) is 0 Å². The molecule has 0 aliphatic rings. The number of nitrogens with two attached hydrogens (primary N) is 1. The summed E-state index contributed by atoms with van der Waals surface area (Å²) in [6, 6.07) is 7.33. The van der Waals surface area contributed by atoms with Crippen LogP contribution in [-0.2, 0) is 4.79 Å². The first kappa shape index (κ1) is 12.8. The Hall–Kier alpha value is -2.63. The highest BCUT2D eigenvalue weighted by atomic mass is 16.1. The van der Waals surface area contributed by atoms with Gasteiger partial charge in [0.15, 0.2) is 0 Å². The molecule has 1 heterocycles. The molecule has 0 spiro atoms. The summed E-state index contributed by atoms with van der Waals surface area (Å²) >= 11 is 0. The van der Waals surface area contributed by atoms with Gasteiger partial charge in [-0.05, 0) is 24.6 Å². The van der Waals surface area contributed by atoms with Crippen molar-refractivity contribution >= 4 is 23.8 Å². The Labute approximate surface area is 111 Å². The third-order valence-corrected chi connectivity index (χ3v) is 2.40. The average molecular weight is 257 g/mol. The molecule has 0 fully saturated rings. The predicted octanol–water partition coefficient (Wildman–Crippen LogP) is 1.61. The normalized spacial score (nSPS) is 10.8. The lowest BCUT2D eigenvalue weighted by atomic mass is 10.2. The topological polar surface area (TPSA) is 85.3 Å². The van der Waals surface area contributed by atoms with Crippen molar-refractivity contribution in [3.63, 3.8) is 0 Å². The molecule has 0 saturated heterocycles. The van der Waals surface area contributed by atoms with E-state index in [2.05, 4.69) is 15.4 Å². The summed E-state index contributed by atoms with van der Waals surface area (Å²) in [4.78, 5) is 14.9. The Kier molecular flexibility index (Phi) is 3.61.